The third-order valence-electron chi connectivity index (χ3n) is 3.17. The van der Waals surface area contributed by atoms with Gasteiger partial charge >= 0.3 is 0 Å². The van der Waals surface area contributed by atoms with Gasteiger partial charge in [0.25, 0.3) is 0 Å². The smallest absolute Gasteiger partial charge is 0.00938 e. The second-order valence-electron chi connectivity index (χ2n) is 4.17. The van der Waals surface area contributed by atoms with Crippen molar-refractivity contribution < 1.29 is 0 Å². The maximum Gasteiger partial charge on any atom is 0.00938 e. The third kappa shape index (κ3) is 4.35. The Bertz CT molecular complexity index is 132. The Labute approximate surface area is 99.4 Å². The van der Waals surface area contributed by atoms with Crippen LogP contribution in [0.5, 0.6) is 0 Å². The van der Waals surface area contributed by atoms with Crippen LogP contribution < -0.4 is 10.6 Å². The van der Waals surface area contributed by atoms with Crippen LogP contribution in [-0.4, -0.2) is 25.2 Å². The maximum absolute atomic E-state index is 3.78. The number of hydrogen-bond acceptors (Lipinski definition) is 2. The highest BCUT2D eigenvalue weighted by Gasteiger charge is 2.19. The first-order valence-corrected chi connectivity index (χ1v) is 5.42. The SMILES string of the molecule is C1CCC(NC2CCNCC2)C1.Cl.Cl. The lowest BCUT2D eigenvalue weighted by Crippen LogP contribution is -2.43. The Morgan fingerprint density at radius 2 is 1.29 bits per heavy atom. The predicted octanol–water partition coefficient (Wildman–Crippen LogP) is 2.11. The second-order valence-corrected chi connectivity index (χ2v) is 4.17. The van der Waals surface area contributed by atoms with Gasteiger partial charge in [-0.25, -0.2) is 0 Å². The van der Waals surface area contributed by atoms with Crippen LogP contribution in [0.25, 0.3) is 0 Å². The molecule has 4 heteroatoms. The molecule has 0 bridgehead atoms. The van der Waals surface area contributed by atoms with Crippen LogP contribution in [0.1, 0.15) is 38.5 Å². The van der Waals surface area contributed by atoms with Gasteiger partial charge in [0.2, 0.25) is 0 Å². The van der Waals surface area contributed by atoms with Crippen LogP contribution in [0.4, 0.5) is 0 Å². The Balaban J connectivity index is 0.000000845. The van der Waals surface area contributed by atoms with Gasteiger partial charge in [0.15, 0.2) is 0 Å². The van der Waals surface area contributed by atoms with E-state index in [-0.39, 0.29) is 24.8 Å². The number of halogens is 2. The molecule has 0 aromatic rings. The average molecular weight is 241 g/mol. The standard InChI is InChI=1S/C10H20N2.2ClH/c1-2-4-9(3-1)12-10-5-7-11-8-6-10;;/h9-12H,1-8H2;2*1H. The van der Waals surface area contributed by atoms with Gasteiger partial charge in [-0.3, -0.25) is 0 Å². The summed E-state index contributed by atoms with van der Waals surface area (Å²) in [4.78, 5) is 0. The van der Waals surface area contributed by atoms with Crippen molar-refractivity contribution in [1.29, 1.82) is 0 Å². The monoisotopic (exact) mass is 240 g/mol. The summed E-state index contributed by atoms with van der Waals surface area (Å²) >= 11 is 0. The summed E-state index contributed by atoms with van der Waals surface area (Å²) in [7, 11) is 0. The quantitative estimate of drug-likeness (QED) is 0.773. The van der Waals surface area contributed by atoms with E-state index in [0.29, 0.717) is 0 Å². The van der Waals surface area contributed by atoms with Crippen LogP contribution in [0.3, 0.4) is 0 Å². The van der Waals surface area contributed by atoms with Gasteiger partial charge in [-0.2, -0.15) is 0 Å². The molecule has 1 aliphatic heterocycles. The first-order valence-electron chi connectivity index (χ1n) is 5.42. The minimum absolute atomic E-state index is 0. The van der Waals surface area contributed by atoms with Crippen molar-refractivity contribution >= 4 is 24.8 Å². The Morgan fingerprint density at radius 1 is 0.786 bits per heavy atom. The molecule has 2 fully saturated rings. The van der Waals surface area contributed by atoms with Crippen molar-refractivity contribution in [2.75, 3.05) is 13.1 Å². The van der Waals surface area contributed by atoms with Gasteiger partial charge in [0.1, 0.15) is 0 Å². The fourth-order valence-electron chi connectivity index (χ4n) is 2.41. The number of rotatable bonds is 2. The molecule has 0 atom stereocenters. The predicted molar refractivity (Wildman–Crippen MR) is 65.8 cm³/mol. The molecule has 1 aliphatic carbocycles. The molecule has 2 nitrogen and oxygen atoms in total. The fourth-order valence-corrected chi connectivity index (χ4v) is 2.41. The normalized spacial score (nSPS) is 24.0. The summed E-state index contributed by atoms with van der Waals surface area (Å²) in [5.41, 5.74) is 0. The summed E-state index contributed by atoms with van der Waals surface area (Å²) in [5, 5.41) is 7.18. The topological polar surface area (TPSA) is 24.1 Å². The van der Waals surface area contributed by atoms with Crippen molar-refractivity contribution in [1.82, 2.24) is 10.6 Å². The van der Waals surface area contributed by atoms with E-state index in [9.17, 15) is 0 Å². The van der Waals surface area contributed by atoms with Crippen molar-refractivity contribution in [3.8, 4) is 0 Å². The molecule has 2 aliphatic rings. The minimum Gasteiger partial charge on any atom is -0.317 e. The lowest BCUT2D eigenvalue weighted by atomic mass is 10.1. The van der Waals surface area contributed by atoms with Crippen LogP contribution in [-0.2, 0) is 0 Å². The Kier molecular flexibility index (Phi) is 8.02. The molecule has 0 aromatic heterocycles. The first kappa shape index (κ1) is 14.5. The molecule has 0 unspecified atom stereocenters. The molecule has 1 saturated heterocycles. The highest BCUT2D eigenvalue weighted by Crippen LogP contribution is 2.19. The van der Waals surface area contributed by atoms with E-state index in [2.05, 4.69) is 10.6 Å². The molecule has 0 spiro atoms. The average Bonchev–Trinajstić information content (AvgIpc) is 2.59. The second kappa shape index (κ2) is 7.75. The first-order chi connectivity index (χ1) is 5.95. The van der Waals surface area contributed by atoms with Gasteiger partial charge in [0.05, 0.1) is 0 Å². The molecular weight excluding hydrogens is 219 g/mol. The maximum atomic E-state index is 3.78. The lowest BCUT2D eigenvalue weighted by molar-refractivity contribution is 0.348. The van der Waals surface area contributed by atoms with Crippen LogP contribution in [0, 0.1) is 0 Å². The summed E-state index contributed by atoms with van der Waals surface area (Å²) in [6.45, 7) is 2.43. The van der Waals surface area contributed by atoms with E-state index < -0.39 is 0 Å². The van der Waals surface area contributed by atoms with Crippen LogP contribution >= 0.6 is 24.8 Å². The molecule has 86 valence electrons. The van der Waals surface area contributed by atoms with Gasteiger partial charge in [-0.1, -0.05) is 12.8 Å². The van der Waals surface area contributed by atoms with Crippen molar-refractivity contribution in [3.63, 3.8) is 0 Å². The van der Waals surface area contributed by atoms with E-state index in [0.717, 1.165) is 12.1 Å². The van der Waals surface area contributed by atoms with Gasteiger partial charge in [0, 0.05) is 12.1 Å². The molecule has 0 aromatic carbocycles. The number of piperidine rings is 1. The summed E-state index contributed by atoms with van der Waals surface area (Å²) in [6.07, 6.45) is 8.39. The highest BCUT2D eigenvalue weighted by molar-refractivity contribution is 5.85. The molecule has 1 saturated carbocycles. The number of hydrogen-bond donors (Lipinski definition) is 2. The summed E-state index contributed by atoms with van der Waals surface area (Å²) in [5.74, 6) is 0. The minimum atomic E-state index is 0. The molecule has 0 amide bonds. The highest BCUT2D eigenvalue weighted by atomic mass is 35.5. The zero-order chi connectivity index (χ0) is 8.23. The molecular formula is C10H22Cl2N2. The van der Waals surface area contributed by atoms with E-state index in [1.54, 1.807) is 0 Å². The van der Waals surface area contributed by atoms with E-state index in [1.807, 2.05) is 0 Å². The molecule has 0 radical (unpaired) electrons. The summed E-state index contributed by atoms with van der Waals surface area (Å²) < 4.78 is 0. The molecule has 2 N–H and O–H groups in total. The molecule has 1 heterocycles. The van der Waals surface area contributed by atoms with E-state index in [1.165, 1.54) is 51.6 Å². The van der Waals surface area contributed by atoms with Gasteiger partial charge in [-0.05, 0) is 38.8 Å². The number of nitrogens with one attached hydrogen (secondary N) is 2. The van der Waals surface area contributed by atoms with Crippen molar-refractivity contribution in [3.05, 3.63) is 0 Å². The van der Waals surface area contributed by atoms with Crippen molar-refractivity contribution in [2.45, 2.75) is 50.6 Å². The zero-order valence-electron chi connectivity index (χ0n) is 8.63. The lowest BCUT2D eigenvalue weighted by Gasteiger charge is -2.26. The van der Waals surface area contributed by atoms with Gasteiger partial charge in [-0.15, -0.1) is 24.8 Å². The van der Waals surface area contributed by atoms with Gasteiger partial charge < -0.3 is 10.6 Å². The van der Waals surface area contributed by atoms with Crippen LogP contribution in [0.15, 0.2) is 0 Å². The fraction of sp³-hybridized carbons (Fsp3) is 1.00. The largest absolute Gasteiger partial charge is 0.317 e. The third-order valence-corrected chi connectivity index (χ3v) is 3.17. The summed E-state index contributed by atoms with van der Waals surface area (Å²) in [6, 6.07) is 1.67. The molecule has 2 rings (SSSR count). The Hall–Kier alpha value is 0.500. The van der Waals surface area contributed by atoms with Crippen LogP contribution in [0.2, 0.25) is 0 Å². The van der Waals surface area contributed by atoms with Crippen molar-refractivity contribution in [2.24, 2.45) is 0 Å². The van der Waals surface area contributed by atoms with E-state index in [4.69, 9.17) is 0 Å². The van der Waals surface area contributed by atoms with E-state index >= 15 is 0 Å². The zero-order valence-corrected chi connectivity index (χ0v) is 10.3. The Morgan fingerprint density at radius 3 is 1.86 bits per heavy atom. The molecule has 14 heavy (non-hydrogen) atoms.